The van der Waals surface area contributed by atoms with Gasteiger partial charge >= 0.3 is 6.18 Å². The van der Waals surface area contributed by atoms with E-state index in [1.807, 2.05) is 0 Å². The molecule has 8 nitrogen and oxygen atoms in total. The third kappa shape index (κ3) is 6.76. The van der Waals surface area contributed by atoms with Crippen LogP contribution in [0.25, 0.3) is 11.1 Å². The Labute approximate surface area is 188 Å². The molecule has 1 heterocycles. The van der Waals surface area contributed by atoms with Crippen molar-refractivity contribution in [3.63, 3.8) is 0 Å². The maximum absolute atomic E-state index is 12.9. The highest BCUT2D eigenvalue weighted by Gasteiger charge is 2.35. The molecule has 1 aromatic carbocycles. The highest BCUT2D eigenvalue weighted by Crippen LogP contribution is 2.32. The van der Waals surface area contributed by atoms with Crippen LogP contribution < -0.4 is 11.1 Å². The lowest BCUT2D eigenvalue weighted by molar-refractivity contribution is -0.137. The Kier molecular flexibility index (Phi) is 7.49. The predicted octanol–water partition coefficient (Wildman–Crippen LogP) is 2.45. The van der Waals surface area contributed by atoms with E-state index in [4.69, 9.17) is 11.0 Å². The molecule has 2 rings (SSSR count). The number of carbonyl (C=O) groups is 2. The molecule has 2 aromatic rings. The Morgan fingerprint density at radius 1 is 1.15 bits per heavy atom. The van der Waals surface area contributed by atoms with Gasteiger partial charge in [0.05, 0.1) is 34.1 Å². The van der Waals surface area contributed by atoms with Crippen LogP contribution in [0.15, 0.2) is 47.6 Å². The van der Waals surface area contributed by atoms with E-state index in [1.54, 1.807) is 6.07 Å². The zero-order valence-electron chi connectivity index (χ0n) is 17.7. The molecule has 1 aromatic heterocycles. The molecular weight excluding hydrogens is 461 g/mol. The van der Waals surface area contributed by atoms with Gasteiger partial charge in [-0.15, -0.1) is 0 Å². The molecule has 12 heteroatoms. The fraction of sp³-hybridized carbons (Fsp3) is 0.333. The predicted molar refractivity (Wildman–Crippen MR) is 112 cm³/mol. The number of nitriles is 1. The summed E-state index contributed by atoms with van der Waals surface area (Å²) in [6.45, 7) is 2.72. The zero-order chi connectivity index (χ0) is 25.0. The average molecular weight is 482 g/mol. The van der Waals surface area contributed by atoms with Crippen molar-refractivity contribution in [2.45, 2.75) is 37.4 Å². The SMILES string of the molecule is CC(C)(CS(=O)(=O)c1ccc(-c2cncc(C(F)(F)F)c2)cc1)C(=O)N[C@H](C#N)CC(N)=O. The number of pyridine rings is 1. The number of carbonyl (C=O) groups excluding carboxylic acids is 2. The molecule has 3 N–H and O–H groups in total. The molecule has 0 aliphatic rings. The molecule has 0 saturated heterocycles. The maximum atomic E-state index is 12.9. The number of nitrogens with zero attached hydrogens (tertiary/aromatic N) is 2. The Balaban J connectivity index is 2.21. The minimum Gasteiger partial charge on any atom is -0.370 e. The van der Waals surface area contributed by atoms with Crippen molar-refractivity contribution in [1.82, 2.24) is 10.3 Å². The van der Waals surface area contributed by atoms with E-state index in [1.165, 1.54) is 44.3 Å². The molecule has 2 amide bonds. The second kappa shape index (κ2) is 9.58. The topological polar surface area (TPSA) is 143 Å². The van der Waals surface area contributed by atoms with Gasteiger partial charge in [-0.2, -0.15) is 18.4 Å². The van der Waals surface area contributed by atoms with Crippen molar-refractivity contribution in [1.29, 1.82) is 5.26 Å². The number of hydrogen-bond donors (Lipinski definition) is 2. The summed E-state index contributed by atoms with van der Waals surface area (Å²) in [7, 11) is -3.99. The molecule has 1 atom stereocenters. The van der Waals surface area contributed by atoms with Gasteiger partial charge < -0.3 is 11.1 Å². The lowest BCUT2D eigenvalue weighted by Crippen LogP contribution is -2.46. The van der Waals surface area contributed by atoms with Crippen LogP contribution in [0.2, 0.25) is 0 Å². The molecule has 33 heavy (non-hydrogen) atoms. The fourth-order valence-electron chi connectivity index (χ4n) is 2.92. The molecule has 0 fully saturated rings. The van der Waals surface area contributed by atoms with Crippen LogP contribution in [0, 0.1) is 16.7 Å². The molecular formula is C21H21F3N4O4S. The van der Waals surface area contributed by atoms with Crippen LogP contribution in [-0.4, -0.2) is 37.0 Å². The van der Waals surface area contributed by atoms with E-state index in [0.717, 1.165) is 6.07 Å². The first-order valence-corrected chi connectivity index (χ1v) is 11.2. The van der Waals surface area contributed by atoms with Crippen molar-refractivity contribution >= 4 is 21.7 Å². The van der Waals surface area contributed by atoms with E-state index in [-0.39, 0.29) is 10.5 Å². The second-order valence-corrected chi connectivity index (χ2v) is 9.94. The molecule has 176 valence electrons. The van der Waals surface area contributed by atoms with Crippen LogP contribution >= 0.6 is 0 Å². The summed E-state index contributed by atoms with van der Waals surface area (Å²) in [4.78, 5) is 26.9. The first-order chi connectivity index (χ1) is 15.2. The minimum atomic E-state index is -4.57. The van der Waals surface area contributed by atoms with E-state index in [2.05, 4.69) is 10.3 Å². The third-order valence-corrected chi connectivity index (χ3v) is 6.74. The normalized spacial score (nSPS) is 13.1. The van der Waals surface area contributed by atoms with E-state index in [0.29, 0.717) is 11.8 Å². The van der Waals surface area contributed by atoms with Crippen molar-refractivity contribution in [2.75, 3.05) is 5.75 Å². The smallest absolute Gasteiger partial charge is 0.370 e. The van der Waals surface area contributed by atoms with Crippen LogP contribution in [0.1, 0.15) is 25.8 Å². The summed E-state index contributed by atoms with van der Waals surface area (Å²) >= 11 is 0. The summed E-state index contributed by atoms with van der Waals surface area (Å²) < 4.78 is 64.4. The number of hydrogen-bond acceptors (Lipinski definition) is 6. The molecule has 0 saturated carbocycles. The molecule has 0 bridgehead atoms. The van der Waals surface area contributed by atoms with E-state index in [9.17, 15) is 31.2 Å². The number of rotatable bonds is 8. The van der Waals surface area contributed by atoms with E-state index < -0.39 is 57.0 Å². The van der Waals surface area contributed by atoms with Crippen molar-refractivity contribution in [2.24, 2.45) is 11.1 Å². The van der Waals surface area contributed by atoms with Gasteiger partial charge in [0.15, 0.2) is 9.84 Å². The lowest BCUT2D eigenvalue weighted by Gasteiger charge is -2.24. The number of halogens is 3. The van der Waals surface area contributed by atoms with Crippen molar-refractivity contribution < 1.29 is 31.2 Å². The van der Waals surface area contributed by atoms with Gasteiger partial charge in [-0.1, -0.05) is 26.0 Å². The molecule has 0 aliphatic heterocycles. The standard InChI is InChI=1S/C21H21F3N4O4S/c1-20(2,19(30)28-16(9-25)8-18(26)29)12-33(31,32)17-5-3-13(4-6-17)14-7-15(11-27-10-14)21(22,23)24/h3-7,10-11,16H,8,12H2,1-2H3,(H2,26,29)(H,28,30)/t16-/m0/s1. The first kappa shape index (κ1) is 25.8. The molecule has 0 spiro atoms. The number of benzene rings is 1. The summed E-state index contributed by atoms with van der Waals surface area (Å²) in [5, 5.41) is 11.3. The van der Waals surface area contributed by atoms with Crippen LogP contribution in [-0.2, 0) is 25.6 Å². The van der Waals surface area contributed by atoms with E-state index >= 15 is 0 Å². The van der Waals surface area contributed by atoms with Gasteiger partial charge in [-0.3, -0.25) is 14.6 Å². The van der Waals surface area contributed by atoms with Crippen LogP contribution in [0.5, 0.6) is 0 Å². The van der Waals surface area contributed by atoms with Gasteiger partial charge in [-0.25, -0.2) is 8.42 Å². The van der Waals surface area contributed by atoms with Gasteiger partial charge in [0.1, 0.15) is 6.04 Å². The number of primary amides is 1. The highest BCUT2D eigenvalue weighted by molar-refractivity contribution is 7.91. The quantitative estimate of drug-likeness (QED) is 0.592. The number of nitrogens with two attached hydrogens (primary N) is 1. The minimum absolute atomic E-state index is 0.138. The first-order valence-electron chi connectivity index (χ1n) is 9.50. The van der Waals surface area contributed by atoms with Gasteiger partial charge in [0, 0.05) is 18.0 Å². The molecule has 0 unspecified atom stereocenters. The van der Waals surface area contributed by atoms with Crippen LogP contribution in [0.3, 0.4) is 0 Å². The van der Waals surface area contributed by atoms with Crippen LogP contribution in [0.4, 0.5) is 13.2 Å². The summed E-state index contributed by atoms with van der Waals surface area (Å²) in [5.41, 5.74) is 3.11. The third-order valence-electron chi connectivity index (χ3n) is 4.64. The second-order valence-electron chi connectivity index (χ2n) is 7.95. The van der Waals surface area contributed by atoms with Gasteiger partial charge in [0.25, 0.3) is 0 Å². The maximum Gasteiger partial charge on any atom is 0.417 e. The number of aromatic nitrogens is 1. The summed E-state index contributed by atoms with van der Waals surface area (Å²) in [6, 6.07) is 6.55. The lowest BCUT2D eigenvalue weighted by atomic mass is 9.94. The molecule has 0 aliphatic carbocycles. The number of alkyl halides is 3. The summed E-state index contributed by atoms with van der Waals surface area (Å²) in [5.74, 6) is -2.18. The van der Waals surface area contributed by atoms with Gasteiger partial charge in [-0.05, 0) is 23.8 Å². The number of nitrogens with one attached hydrogen (secondary N) is 1. The average Bonchev–Trinajstić information content (AvgIpc) is 2.71. The van der Waals surface area contributed by atoms with Crippen molar-refractivity contribution in [3.8, 4) is 17.2 Å². The molecule has 0 radical (unpaired) electrons. The Morgan fingerprint density at radius 3 is 2.27 bits per heavy atom. The highest BCUT2D eigenvalue weighted by atomic mass is 32.2. The number of sulfone groups is 1. The number of amides is 2. The van der Waals surface area contributed by atoms with Crippen molar-refractivity contribution in [3.05, 3.63) is 48.3 Å². The Morgan fingerprint density at radius 2 is 1.76 bits per heavy atom. The Bertz CT molecular complexity index is 1190. The Hall–Kier alpha value is -3.46. The largest absolute Gasteiger partial charge is 0.417 e. The summed E-state index contributed by atoms with van der Waals surface area (Å²) in [6.07, 6.45) is -3.07. The fourth-order valence-corrected chi connectivity index (χ4v) is 4.71. The van der Waals surface area contributed by atoms with Gasteiger partial charge in [0.2, 0.25) is 11.8 Å². The zero-order valence-corrected chi connectivity index (χ0v) is 18.5. The monoisotopic (exact) mass is 482 g/mol.